The van der Waals surface area contributed by atoms with Gasteiger partial charge in [0.1, 0.15) is 29.1 Å². The number of hydrogen-bond acceptors (Lipinski definition) is 9. The molecule has 0 aliphatic heterocycles. The SMILES string of the molecule is CNc1nc(-c2cc([C@@H](C)NC(=O)c3cc(C#CCCO)ncn3)on2)[nH]c1C=N. The first-order chi connectivity index (χ1) is 14.5. The van der Waals surface area contributed by atoms with Crippen LogP contribution in [0, 0.1) is 17.3 Å². The molecule has 3 aromatic heterocycles. The van der Waals surface area contributed by atoms with Crippen LogP contribution >= 0.6 is 0 Å². The number of aromatic amines is 1. The summed E-state index contributed by atoms with van der Waals surface area (Å²) in [6, 6.07) is 2.64. The Kier molecular flexibility index (Phi) is 6.51. The molecule has 0 aromatic carbocycles. The Morgan fingerprint density at radius 2 is 2.27 bits per heavy atom. The zero-order chi connectivity index (χ0) is 21.5. The van der Waals surface area contributed by atoms with E-state index in [0.29, 0.717) is 40.9 Å². The lowest BCUT2D eigenvalue weighted by Crippen LogP contribution is -2.27. The maximum Gasteiger partial charge on any atom is 0.270 e. The Morgan fingerprint density at radius 3 is 2.97 bits per heavy atom. The molecule has 0 saturated heterocycles. The first-order valence-electron chi connectivity index (χ1n) is 9.03. The third kappa shape index (κ3) is 4.68. The lowest BCUT2D eigenvalue weighted by molar-refractivity contribution is 0.0928. The minimum absolute atomic E-state index is 0.0426. The molecule has 0 aliphatic rings. The zero-order valence-corrected chi connectivity index (χ0v) is 16.4. The molecule has 1 atom stereocenters. The van der Waals surface area contributed by atoms with Gasteiger partial charge in [-0.05, 0) is 12.8 Å². The summed E-state index contributed by atoms with van der Waals surface area (Å²) in [7, 11) is 1.70. The van der Waals surface area contributed by atoms with Gasteiger partial charge in [-0.25, -0.2) is 15.0 Å². The number of hydrogen-bond donors (Lipinski definition) is 5. The summed E-state index contributed by atoms with van der Waals surface area (Å²) >= 11 is 0. The van der Waals surface area contributed by atoms with E-state index >= 15 is 0 Å². The molecule has 11 nitrogen and oxygen atoms in total. The predicted octanol–water partition coefficient (Wildman–Crippen LogP) is 1.12. The summed E-state index contributed by atoms with van der Waals surface area (Å²) in [6.07, 6.45) is 2.73. The van der Waals surface area contributed by atoms with Gasteiger partial charge in [-0.1, -0.05) is 11.1 Å². The van der Waals surface area contributed by atoms with Gasteiger partial charge in [0.2, 0.25) is 0 Å². The van der Waals surface area contributed by atoms with Crippen LogP contribution < -0.4 is 10.6 Å². The number of amides is 1. The molecular formula is C19H20N8O3. The Balaban J connectivity index is 1.71. The average Bonchev–Trinajstić information content (AvgIpc) is 3.41. The number of anilines is 1. The summed E-state index contributed by atoms with van der Waals surface area (Å²) in [5.74, 6) is 6.47. The molecule has 0 aliphatic carbocycles. The molecule has 0 fully saturated rings. The van der Waals surface area contributed by atoms with Crippen molar-refractivity contribution in [1.29, 1.82) is 5.41 Å². The summed E-state index contributed by atoms with van der Waals surface area (Å²) in [5.41, 5.74) is 1.50. The Hall–Kier alpha value is -4.04. The van der Waals surface area contributed by atoms with Gasteiger partial charge in [-0.15, -0.1) is 0 Å². The number of carbonyl (C=O) groups excluding carboxylic acids is 1. The van der Waals surface area contributed by atoms with E-state index in [1.54, 1.807) is 20.0 Å². The van der Waals surface area contributed by atoms with Crippen molar-refractivity contribution in [2.75, 3.05) is 19.0 Å². The normalized spacial score (nSPS) is 11.3. The van der Waals surface area contributed by atoms with Crippen molar-refractivity contribution in [1.82, 2.24) is 30.4 Å². The molecule has 30 heavy (non-hydrogen) atoms. The van der Waals surface area contributed by atoms with E-state index in [-0.39, 0.29) is 12.3 Å². The van der Waals surface area contributed by atoms with Crippen LogP contribution in [0.25, 0.3) is 11.5 Å². The molecule has 5 N–H and O–H groups in total. The van der Waals surface area contributed by atoms with Gasteiger partial charge in [-0.2, -0.15) is 0 Å². The molecule has 3 heterocycles. The number of rotatable bonds is 7. The number of imidazole rings is 1. The Morgan fingerprint density at radius 1 is 1.43 bits per heavy atom. The van der Waals surface area contributed by atoms with Crippen molar-refractivity contribution >= 4 is 17.9 Å². The summed E-state index contributed by atoms with van der Waals surface area (Å²) in [4.78, 5) is 27.8. The van der Waals surface area contributed by atoms with E-state index in [1.165, 1.54) is 12.4 Å². The van der Waals surface area contributed by atoms with Gasteiger partial charge < -0.3 is 30.7 Å². The summed E-state index contributed by atoms with van der Waals surface area (Å²) in [5, 5.41) is 25.8. The highest BCUT2D eigenvalue weighted by Gasteiger charge is 2.19. The van der Waals surface area contributed by atoms with Crippen LogP contribution in [0.4, 0.5) is 5.82 Å². The topological polar surface area (TPSA) is 166 Å². The highest BCUT2D eigenvalue weighted by atomic mass is 16.5. The third-order valence-corrected chi connectivity index (χ3v) is 4.01. The quantitative estimate of drug-likeness (QED) is 0.286. The molecule has 3 rings (SSSR count). The van der Waals surface area contributed by atoms with E-state index in [4.69, 9.17) is 15.0 Å². The van der Waals surface area contributed by atoms with Gasteiger partial charge in [-0.3, -0.25) is 4.79 Å². The lowest BCUT2D eigenvalue weighted by Gasteiger charge is -2.09. The second-order valence-electron chi connectivity index (χ2n) is 6.12. The molecular weight excluding hydrogens is 388 g/mol. The zero-order valence-electron chi connectivity index (χ0n) is 16.4. The minimum atomic E-state index is -0.487. The standard InChI is InChI=1S/C19H20N8O3/c1-11(24-19(29)14-7-12(22-10-23-14)5-3-4-6-28)16-8-13(27-30-16)18-25-15(9-20)17(21-2)26-18/h7-11,20-21,28H,4,6H2,1-2H3,(H,24,29)(H,25,26)/t11-/m1/s1. The molecule has 1 amide bonds. The third-order valence-electron chi connectivity index (χ3n) is 4.01. The van der Waals surface area contributed by atoms with Crippen molar-refractivity contribution < 1.29 is 14.4 Å². The number of aromatic nitrogens is 5. The molecule has 0 bridgehead atoms. The Bertz CT molecular complexity index is 1110. The lowest BCUT2D eigenvalue weighted by atomic mass is 10.2. The Labute approximate surface area is 171 Å². The molecule has 0 saturated carbocycles. The molecule has 11 heteroatoms. The molecule has 0 radical (unpaired) electrons. The van der Waals surface area contributed by atoms with E-state index in [2.05, 4.69) is 47.6 Å². The van der Waals surface area contributed by atoms with Crippen LogP contribution in [-0.4, -0.2) is 56.0 Å². The number of aliphatic hydroxyl groups excluding tert-OH is 1. The average molecular weight is 408 g/mol. The van der Waals surface area contributed by atoms with Gasteiger partial charge in [0.15, 0.2) is 17.4 Å². The van der Waals surface area contributed by atoms with Crippen molar-refractivity contribution in [2.45, 2.75) is 19.4 Å². The maximum absolute atomic E-state index is 12.5. The van der Waals surface area contributed by atoms with Crippen molar-refractivity contribution in [2.24, 2.45) is 0 Å². The van der Waals surface area contributed by atoms with Crippen LogP contribution in [0.2, 0.25) is 0 Å². The fourth-order valence-electron chi connectivity index (χ4n) is 2.51. The van der Waals surface area contributed by atoms with Crippen LogP contribution in [0.1, 0.15) is 47.0 Å². The van der Waals surface area contributed by atoms with Crippen molar-refractivity contribution in [3.05, 3.63) is 41.3 Å². The second-order valence-corrected chi connectivity index (χ2v) is 6.12. The first-order valence-corrected chi connectivity index (χ1v) is 9.03. The molecule has 154 valence electrons. The van der Waals surface area contributed by atoms with Gasteiger partial charge >= 0.3 is 0 Å². The number of nitrogens with one attached hydrogen (secondary N) is 4. The van der Waals surface area contributed by atoms with E-state index in [1.807, 2.05) is 0 Å². The number of H-pyrrole nitrogens is 1. The minimum Gasteiger partial charge on any atom is -0.395 e. The second kappa shape index (κ2) is 9.44. The van der Waals surface area contributed by atoms with Gasteiger partial charge in [0, 0.05) is 31.8 Å². The van der Waals surface area contributed by atoms with Gasteiger partial charge in [0.05, 0.1) is 12.6 Å². The smallest absolute Gasteiger partial charge is 0.270 e. The monoisotopic (exact) mass is 408 g/mol. The number of aliphatic hydroxyl groups is 1. The number of nitrogens with zero attached hydrogens (tertiary/aromatic N) is 4. The van der Waals surface area contributed by atoms with Gasteiger partial charge in [0.25, 0.3) is 5.91 Å². The van der Waals surface area contributed by atoms with Crippen molar-refractivity contribution in [3.63, 3.8) is 0 Å². The first kappa shape index (κ1) is 20.7. The van der Waals surface area contributed by atoms with E-state index in [9.17, 15) is 4.79 Å². The van der Waals surface area contributed by atoms with Crippen LogP contribution in [0.15, 0.2) is 23.0 Å². The maximum atomic E-state index is 12.5. The molecule has 0 spiro atoms. The predicted molar refractivity (Wildman–Crippen MR) is 108 cm³/mol. The van der Waals surface area contributed by atoms with E-state index < -0.39 is 11.9 Å². The fraction of sp³-hybridized carbons (Fsp3) is 0.263. The van der Waals surface area contributed by atoms with Crippen LogP contribution in [0.5, 0.6) is 0 Å². The fourth-order valence-corrected chi connectivity index (χ4v) is 2.51. The van der Waals surface area contributed by atoms with Crippen LogP contribution in [-0.2, 0) is 0 Å². The largest absolute Gasteiger partial charge is 0.395 e. The number of carbonyl (C=O) groups is 1. The molecule has 3 aromatic rings. The highest BCUT2D eigenvalue weighted by Crippen LogP contribution is 2.23. The summed E-state index contributed by atoms with van der Waals surface area (Å²) in [6.45, 7) is 1.70. The van der Waals surface area contributed by atoms with Crippen molar-refractivity contribution in [3.8, 4) is 23.4 Å². The van der Waals surface area contributed by atoms with Crippen LogP contribution in [0.3, 0.4) is 0 Å². The molecule has 0 unspecified atom stereocenters. The summed E-state index contributed by atoms with van der Waals surface area (Å²) < 4.78 is 5.34. The van der Waals surface area contributed by atoms with E-state index in [0.717, 1.165) is 6.21 Å². The highest BCUT2D eigenvalue weighted by molar-refractivity contribution is 5.92.